The lowest BCUT2D eigenvalue weighted by Crippen LogP contribution is -2.35. The molecule has 3 rings (SSSR count). The first-order valence-electron chi connectivity index (χ1n) is 10.2. The zero-order chi connectivity index (χ0) is 24.0. The van der Waals surface area contributed by atoms with Crippen LogP contribution in [0.5, 0.6) is 0 Å². The van der Waals surface area contributed by atoms with Crippen molar-refractivity contribution >= 4 is 17.6 Å². The standard InChI is InChI=1S/C23H22N4O6/c1-3-33-21(29)14-17(16-9-5-4-6-10-16)24-23(30)22-20(28)13-15(2)26(25-22)18-11-7-8-12-19(18)27(31)32/h4-13,17H,3,14H2,1-2H3,(H,24,30). The van der Waals surface area contributed by atoms with Crippen LogP contribution in [0.25, 0.3) is 5.69 Å². The number of amides is 1. The Morgan fingerprint density at radius 1 is 1.15 bits per heavy atom. The quantitative estimate of drug-likeness (QED) is 0.317. The van der Waals surface area contributed by atoms with Crippen LogP contribution in [0.15, 0.2) is 65.5 Å². The van der Waals surface area contributed by atoms with Gasteiger partial charge in [-0.15, -0.1) is 0 Å². The second kappa shape index (κ2) is 10.3. The molecule has 10 nitrogen and oxygen atoms in total. The third-order valence-corrected chi connectivity index (χ3v) is 4.81. The van der Waals surface area contributed by atoms with Crippen LogP contribution in [0, 0.1) is 17.0 Å². The van der Waals surface area contributed by atoms with Crippen molar-refractivity contribution in [1.29, 1.82) is 0 Å². The fraction of sp³-hybridized carbons (Fsp3) is 0.217. The molecular weight excluding hydrogens is 428 g/mol. The van der Waals surface area contributed by atoms with Crippen molar-refractivity contribution in [2.24, 2.45) is 0 Å². The van der Waals surface area contributed by atoms with E-state index in [1.54, 1.807) is 50.2 Å². The molecule has 2 aromatic carbocycles. The van der Waals surface area contributed by atoms with Gasteiger partial charge in [0.2, 0.25) is 5.43 Å². The number of hydrogen-bond donors (Lipinski definition) is 1. The topological polar surface area (TPSA) is 133 Å². The van der Waals surface area contributed by atoms with E-state index in [1.807, 2.05) is 0 Å². The number of para-hydroxylation sites is 2. The number of nitrogens with one attached hydrogen (secondary N) is 1. The lowest BCUT2D eigenvalue weighted by Gasteiger charge is -2.18. The van der Waals surface area contributed by atoms with Gasteiger partial charge in [0.05, 0.1) is 24.0 Å². The Bertz CT molecular complexity index is 1240. The molecule has 33 heavy (non-hydrogen) atoms. The van der Waals surface area contributed by atoms with E-state index >= 15 is 0 Å². The van der Waals surface area contributed by atoms with Crippen molar-refractivity contribution in [2.75, 3.05) is 6.61 Å². The zero-order valence-electron chi connectivity index (χ0n) is 18.1. The maximum atomic E-state index is 13.0. The van der Waals surface area contributed by atoms with E-state index in [9.17, 15) is 24.5 Å². The second-order valence-electron chi connectivity index (χ2n) is 7.10. The van der Waals surface area contributed by atoms with Crippen LogP contribution in [0.3, 0.4) is 0 Å². The van der Waals surface area contributed by atoms with Crippen LogP contribution in [-0.2, 0) is 9.53 Å². The van der Waals surface area contributed by atoms with Gasteiger partial charge >= 0.3 is 5.97 Å². The molecule has 0 fully saturated rings. The van der Waals surface area contributed by atoms with Crippen LogP contribution >= 0.6 is 0 Å². The maximum Gasteiger partial charge on any atom is 0.308 e. The van der Waals surface area contributed by atoms with Gasteiger partial charge in [-0.2, -0.15) is 5.10 Å². The Morgan fingerprint density at radius 3 is 2.48 bits per heavy atom. The van der Waals surface area contributed by atoms with Crippen molar-refractivity contribution in [3.8, 4) is 5.69 Å². The predicted octanol–water partition coefficient (Wildman–Crippen LogP) is 2.87. The number of nitrogens with zero attached hydrogens (tertiary/aromatic N) is 3. The number of nitro benzene ring substituents is 1. The molecule has 170 valence electrons. The monoisotopic (exact) mass is 450 g/mol. The van der Waals surface area contributed by atoms with E-state index in [4.69, 9.17) is 4.74 Å². The van der Waals surface area contributed by atoms with E-state index in [0.29, 0.717) is 11.3 Å². The molecule has 0 radical (unpaired) electrons. The number of ether oxygens (including phenoxy) is 1. The molecule has 0 bridgehead atoms. The summed E-state index contributed by atoms with van der Waals surface area (Å²) in [6.07, 6.45) is -0.145. The Balaban J connectivity index is 1.99. The van der Waals surface area contributed by atoms with Gasteiger partial charge < -0.3 is 10.1 Å². The minimum atomic E-state index is -0.814. The average Bonchev–Trinajstić information content (AvgIpc) is 2.79. The van der Waals surface area contributed by atoms with Crippen molar-refractivity contribution in [3.05, 3.63) is 98.0 Å². The van der Waals surface area contributed by atoms with E-state index in [0.717, 1.165) is 0 Å². The van der Waals surface area contributed by atoms with Gasteiger partial charge in [-0.05, 0) is 25.5 Å². The van der Waals surface area contributed by atoms with Crippen molar-refractivity contribution in [1.82, 2.24) is 15.1 Å². The largest absolute Gasteiger partial charge is 0.466 e. The molecule has 0 saturated heterocycles. The number of rotatable bonds is 8. The fourth-order valence-electron chi connectivity index (χ4n) is 3.30. The number of esters is 1. The normalized spacial score (nSPS) is 11.5. The number of hydrogen-bond acceptors (Lipinski definition) is 7. The number of benzene rings is 2. The van der Waals surface area contributed by atoms with E-state index in [2.05, 4.69) is 10.4 Å². The number of nitro groups is 1. The first-order valence-corrected chi connectivity index (χ1v) is 10.2. The van der Waals surface area contributed by atoms with Crippen molar-refractivity contribution in [3.63, 3.8) is 0 Å². The number of carbonyl (C=O) groups is 2. The average molecular weight is 450 g/mol. The van der Waals surface area contributed by atoms with E-state index in [1.165, 1.54) is 28.9 Å². The summed E-state index contributed by atoms with van der Waals surface area (Å²) in [6.45, 7) is 3.42. The molecule has 0 saturated carbocycles. The molecule has 0 aliphatic carbocycles. The van der Waals surface area contributed by atoms with Crippen LogP contribution in [0.4, 0.5) is 5.69 Å². The van der Waals surface area contributed by atoms with Crippen LogP contribution in [0.1, 0.15) is 41.1 Å². The van der Waals surface area contributed by atoms with Crippen LogP contribution < -0.4 is 10.7 Å². The summed E-state index contributed by atoms with van der Waals surface area (Å²) in [4.78, 5) is 48.5. The van der Waals surface area contributed by atoms with Gasteiger partial charge in [0.1, 0.15) is 5.69 Å². The summed E-state index contributed by atoms with van der Waals surface area (Å²) >= 11 is 0. The highest BCUT2D eigenvalue weighted by Gasteiger charge is 2.24. The van der Waals surface area contributed by atoms with Crippen LogP contribution in [-0.4, -0.2) is 33.2 Å². The predicted molar refractivity (Wildman–Crippen MR) is 119 cm³/mol. The van der Waals surface area contributed by atoms with Gasteiger partial charge in [-0.1, -0.05) is 42.5 Å². The smallest absolute Gasteiger partial charge is 0.308 e. The maximum absolute atomic E-state index is 13.0. The molecule has 1 atom stereocenters. The van der Waals surface area contributed by atoms with Crippen molar-refractivity contribution in [2.45, 2.75) is 26.3 Å². The molecule has 10 heteroatoms. The lowest BCUT2D eigenvalue weighted by atomic mass is 10.0. The third-order valence-electron chi connectivity index (χ3n) is 4.81. The summed E-state index contributed by atoms with van der Waals surface area (Å²) < 4.78 is 6.18. The van der Waals surface area contributed by atoms with Gasteiger partial charge in [-0.3, -0.25) is 24.5 Å². The van der Waals surface area contributed by atoms with Crippen LogP contribution in [0.2, 0.25) is 0 Å². The Hall–Kier alpha value is -4.34. The molecule has 0 aliphatic heterocycles. The Kier molecular flexibility index (Phi) is 7.29. The minimum Gasteiger partial charge on any atom is -0.466 e. The molecule has 1 N–H and O–H groups in total. The number of aromatic nitrogens is 2. The summed E-state index contributed by atoms with van der Waals surface area (Å²) in [5, 5.41) is 18.2. The summed E-state index contributed by atoms with van der Waals surface area (Å²) in [6, 6.07) is 15.1. The second-order valence-corrected chi connectivity index (χ2v) is 7.10. The van der Waals surface area contributed by atoms with Gasteiger partial charge in [0.25, 0.3) is 11.6 Å². The first kappa shape index (κ1) is 23.3. The fourth-order valence-corrected chi connectivity index (χ4v) is 3.30. The number of aryl methyl sites for hydroxylation is 1. The Morgan fingerprint density at radius 2 is 1.82 bits per heavy atom. The highest BCUT2D eigenvalue weighted by molar-refractivity contribution is 5.92. The SMILES string of the molecule is CCOC(=O)CC(NC(=O)c1nn(-c2ccccc2[N+](=O)[O-])c(C)cc1=O)c1ccccc1. The van der Waals surface area contributed by atoms with Gasteiger partial charge in [0, 0.05) is 17.8 Å². The van der Waals surface area contributed by atoms with Gasteiger partial charge in [0.15, 0.2) is 5.69 Å². The summed E-state index contributed by atoms with van der Waals surface area (Å²) in [5.74, 6) is -1.33. The molecule has 0 aliphatic rings. The molecule has 1 aromatic heterocycles. The Labute approximate surface area is 189 Å². The molecule has 1 unspecified atom stereocenters. The summed E-state index contributed by atoms with van der Waals surface area (Å²) in [5.41, 5.74) is -0.263. The number of carbonyl (C=O) groups excluding carboxylic acids is 2. The van der Waals surface area contributed by atoms with E-state index in [-0.39, 0.29) is 24.4 Å². The zero-order valence-corrected chi connectivity index (χ0v) is 18.1. The molecular formula is C23H22N4O6. The third kappa shape index (κ3) is 5.48. The van der Waals surface area contributed by atoms with E-state index < -0.39 is 34.0 Å². The first-order chi connectivity index (χ1) is 15.8. The molecule has 1 heterocycles. The summed E-state index contributed by atoms with van der Waals surface area (Å²) in [7, 11) is 0. The highest BCUT2D eigenvalue weighted by Crippen LogP contribution is 2.22. The molecule has 0 spiro atoms. The minimum absolute atomic E-state index is 0.111. The molecule has 1 amide bonds. The highest BCUT2D eigenvalue weighted by atomic mass is 16.6. The van der Waals surface area contributed by atoms with Crippen molar-refractivity contribution < 1.29 is 19.2 Å². The lowest BCUT2D eigenvalue weighted by molar-refractivity contribution is -0.384. The molecule has 3 aromatic rings. The van der Waals surface area contributed by atoms with Gasteiger partial charge in [-0.25, -0.2) is 4.68 Å².